The van der Waals surface area contributed by atoms with Crippen LogP contribution >= 0.6 is 0 Å². The Bertz CT molecular complexity index is 785. The smallest absolute Gasteiger partial charge is 0.335 e. The fraction of sp³-hybridized carbons (Fsp3) is 0.222. The van der Waals surface area contributed by atoms with E-state index in [1.807, 2.05) is 0 Å². The number of aromatic carboxylic acids is 2. The third-order valence-electron chi connectivity index (χ3n) is 3.74. The number of methoxy groups -OCH3 is 4. The monoisotopic (exact) mass is 362 g/mol. The van der Waals surface area contributed by atoms with Crippen molar-refractivity contribution in [2.24, 2.45) is 0 Å². The summed E-state index contributed by atoms with van der Waals surface area (Å²) in [5.74, 6) is -1.51. The second-order valence-electron chi connectivity index (χ2n) is 5.13. The van der Waals surface area contributed by atoms with Crippen molar-refractivity contribution in [2.75, 3.05) is 28.4 Å². The van der Waals surface area contributed by atoms with E-state index in [-0.39, 0.29) is 34.1 Å². The molecular formula is C18H18O8. The van der Waals surface area contributed by atoms with Crippen LogP contribution in [0.4, 0.5) is 0 Å². The van der Waals surface area contributed by atoms with Crippen LogP contribution in [0.1, 0.15) is 20.7 Å². The average molecular weight is 362 g/mol. The molecule has 0 unspecified atom stereocenters. The Kier molecular flexibility index (Phi) is 5.56. The van der Waals surface area contributed by atoms with Crippen molar-refractivity contribution in [1.29, 1.82) is 0 Å². The van der Waals surface area contributed by atoms with Gasteiger partial charge in [0.25, 0.3) is 0 Å². The highest BCUT2D eigenvalue weighted by Crippen LogP contribution is 2.46. The number of carboxylic acids is 2. The average Bonchev–Trinajstić information content (AvgIpc) is 2.65. The zero-order chi connectivity index (χ0) is 19.4. The number of carboxylic acid groups (broad SMARTS) is 2. The van der Waals surface area contributed by atoms with Gasteiger partial charge in [0.2, 0.25) is 0 Å². The molecule has 0 atom stereocenters. The molecule has 0 aliphatic heterocycles. The first-order chi connectivity index (χ1) is 12.4. The topological polar surface area (TPSA) is 112 Å². The third-order valence-corrected chi connectivity index (χ3v) is 3.74. The summed E-state index contributed by atoms with van der Waals surface area (Å²) in [6.07, 6.45) is 0. The van der Waals surface area contributed by atoms with E-state index in [4.69, 9.17) is 18.9 Å². The highest BCUT2D eigenvalue weighted by atomic mass is 16.5. The highest BCUT2D eigenvalue weighted by molar-refractivity contribution is 5.96. The molecule has 8 heteroatoms. The minimum atomic E-state index is -1.17. The van der Waals surface area contributed by atoms with Gasteiger partial charge in [-0.25, -0.2) is 9.59 Å². The van der Waals surface area contributed by atoms with Gasteiger partial charge < -0.3 is 29.2 Å². The van der Waals surface area contributed by atoms with E-state index in [0.717, 1.165) is 0 Å². The molecule has 8 nitrogen and oxygen atoms in total. The quantitative estimate of drug-likeness (QED) is 0.773. The van der Waals surface area contributed by atoms with E-state index in [1.165, 1.54) is 52.7 Å². The van der Waals surface area contributed by atoms with E-state index in [1.54, 1.807) is 0 Å². The molecule has 0 heterocycles. The van der Waals surface area contributed by atoms with Crippen molar-refractivity contribution in [2.45, 2.75) is 0 Å². The molecule has 2 N–H and O–H groups in total. The lowest BCUT2D eigenvalue weighted by Crippen LogP contribution is -2.04. The SMILES string of the molecule is COc1cc(C(=O)O)cc(-c2cc(C(=O)O)cc(OC)c2OC)c1OC. The van der Waals surface area contributed by atoms with Gasteiger partial charge in [0.15, 0.2) is 23.0 Å². The molecule has 2 aromatic rings. The van der Waals surface area contributed by atoms with Crippen LogP contribution in [0.2, 0.25) is 0 Å². The second-order valence-corrected chi connectivity index (χ2v) is 5.13. The third kappa shape index (κ3) is 3.34. The summed E-state index contributed by atoms with van der Waals surface area (Å²) in [5, 5.41) is 18.7. The molecule has 0 spiro atoms. The molecule has 0 aliphatic rings. The summed E-state index contributed by atoms with van der Waals surface area (Å²) < 4.78 is 21.2. The predicted molar refractivity (Wildman–Crippen MR) is 92.0 cm³/mol. The number of rotatable bonds is 7. The maximum absolute atomic E-state index is 11.5. The van der Waals surface area contributed by atoms with Gasteiger partial charge in [-0.05, 0) is 24.3 Å². The molecule has 26 heavy (non-hydrogen) atoms. The number of hydrogen-bond acceptors (Lipinski definition) is 6. The largest absolute Gasteiger partial charge is 0.493 e. The normalized spacial score (nSPS) is 10.2. The predicted octanol–water partition coefficient (Wildman–Crippen LogP) is 2.78. The van der Waals surface area contributed by atoms with Crippen LogP contribution in [0, 0.1) is 0 Å². The van der Waals surface area contributed by atoms with Crippen LogP contribution in [0.3, 0.4) is 0 Å². The highest BCUT2D eigenvalue weighted by Gasteiger charge is 2.23. The van der Waals surface area contributed by atoms with Crippen LogP contribution in [0.5, 0.6) is 23.0 Å². The molecule has 0 bridgehead atoms. The molecule has 0 aromatic heterocycles. The summed E-state index contributed by atoms with van der Waals surface area (Å²) in [5.41, 5.74) is 0.476. The van der Waals surface area contributed by atoms with Crippen LogP contribution in [-0.2, 0) is 0 Å². The molecule has 0 fully saturated rings. The number of ether oxygens (including phenoxy) is 4. The van der Waals surface area contributed by atoms with Crippen LogP contribution in [0.15, 0.2) is 24.3 Å². The molecule has 0 aliphatic carbocycles. The Morgan fingerprint density at radius 1 is 0.654 bits per heavy atom. The summed E-state index contributed by atoms with van der Waals surface area (Å²) >= 11 is 0. The van der Waals surface area contributed by atoms with Gasteiger partial charge in [0.05, 0.1) is 39.6 Å². The Hall–Kier alpha value is -3.42. The van der Waals surface area contributed by atoms with Crippen molar-refractivity contribution in [3.63, 3.8) is 0 Å². The standard InChI is InChI=1S/C18H18O8/c1-23-13-7-9(17(19)20)5-11(15(13)25-3)12-6-10(18(21)22)8-14(24-2)16(12)26-4/h5-8H,1-4H3,(H,19,20)(H,21,22). The first kappa shape index (κ1) is 18.9. The van der Waals surface area contributed by atoms with Crippen LogP contribution < -0.4 is 18.9 Å². The second kappa shape index (κ2) is 7.64. The summed E-state index contributed by atoms with van der Waals surface area (Å²) in [6, 6.07) is 5.34. The van der Waals surface area contributed by atoms with E-state index in [9.17, 15) is 19.8 Å². The van der Waals surface area contributed by atoms with Gasteiger partial charge in [-0.3, -0.25) is 0 Å². The zero-order valence-electron chi connectivity index (χ0n) is 14.7. The Labute approximate surface area is 149 Å². The van der Waals surface area contributed by atoms with Crippen LogP contribution in [0.25, 0.3) is 11.1 Å². The lowest BCUT2D eigenvalue weighted by atomic mass is 9.97. The lowest BCUT2D eigenvalue weighted by molar-refractivity contribution is 0.0685. The van der Waals surface area contributed by atoms with Gasteiger partial charge in [-0.15, -0.1) is 0 Å². The van der Waals surface area contributed by atoms with E-state index < -0.39 is 11.9 Å². The van der Waals surface area contributed by atoms with E-state index >= 15 is 0 Å². The van der Waals surface area contributed by atoms with Crippen molar-refractivity contribution in [3.8, 4) is 34.1 Å². The Morgan fingerprint density at radius 3 is 1.23 bits per heavy atom. The fourth-order valence-electron chi connectivity index (χ4n) is 2.58. The van der Waals surface area contributed by atoms with E-state index in [2.05, 4.69) is 0 Å². The van der Waals surface area contributed by atoms with Crippen molar-refractivity contribution >= 4 is 11.9 Å². The number of carbonyl (C=O) groups is 2. The van der Waals surface area contributed by atoms with Gasteiger partial charge in [0.1, 0.15) is 0 Å². The molecular weight excluding hydrogens is 344 g/mol. The summed E-state index contributed by atoms with van der Waals surface area (Å²) in [6.45, 7) is 0. The molecule has 2 aromatic carbocycles. The first-order valence-corrected chi connectivity index (χ1v) is 7.36. The number of benzene rings is 2. The van der Waals surface area contributed by atoms with Crippen molar-refractivity contribution in [1.82, 2.24) is 0 Å². The lowest BCUT2D eigenvalue weighted by Gasteiger charge is -2.18. The molecule has 0 saturated carbocycles. The van der Waals surface area contributed by atoms with Crippen LogP contribution in [-0.4, -0.2) is 50.6 Å². The molecule has 0 amide bonds. The van der Waals surface area contributed by atoms with Gasteiger partial charge in [-0.2, -0.15) is 0 Å². The van der Waals surface area contributed by atoms with Gasteiger partial charge in [-0.1, -0.05) is 0 Å². The summed E-state index contributed by atoms with van der Waals surface area (Å²) in [7, 11) is 5.54. The molecule has 0 radical (unpaired) electrons. The molecule has 138 valence electrons. The summed E-state index contributed by atoms with van der Waals surface area (Å²) in [4.78, 5) is 22.9. The Balaban J connectivity index is 2.93. The number of hydrogen-bond donors (Lipinski definition) is 2. The zero-order valence-corrected chi connectivity index (χ0v) is 14.7. The first-order valence-electron chi connectivity index (χ1n) is 7.36. The maximum Gasteiger partial charge on any atom is 0.335 e. The minimum absolute atomic E-state index is 0.0561. The van der Waals surface area contributed by atoms with E-state index in [0.29, 0.717) is 11.1 Å². The van der Waals surface area contributed by atoms with Gasteiger partial charge >= 0.3 is 11.9 Å². The Morgan fingerprint density at radius 2 is 1.00 bits per heavy atom. The van der Waals surface area contributed by atoms with Crippen molar-refractivity contribution in [3.05, 3.63) is 35.4 Å². The van der Waals surface area contributed by atoms with Gasteiger partial charge in [0, 0.05) is 11.1 Å². The molecule has 2 rings (SSSR count). The van der Waals surface area contributed by atoms with Crippen molar-refractivity contribution < 1.29 is 38.7 Å². The molecule has 0 saturated heterocycles. The minimum Gasteiger partial charge on any atom is -0.493 e. The maximum atomic E-state index is 11.5. The fourth-order valence-corrected chi connectivity index (χ4v) is 2.58.